The summed E-state index contributed by atoms with van der Waals surface area (Å²) in [4.78, 5) is 0. The second-order valence-corrected chi connectivity index (χ2v) is 3.48. The molecule has 0 amide bonds. The summed E-state index contributed by atoms with van der Waals surface area (Å²) >= 11 is 0. The summed E-state index contributed by atoms with van der Waals surface area (Å²) in [6, 6.07) is 0. The molecule has 0 bridgehead atoms. The van der Waals surface area contributed by atoms with Gasteiger partial charge in [0, 0.05) is 0 Å². The average Bonchev–Trinajstić information content (AvgIpc) is 1.86. The summed E-state index contributed by atoms with van der Waals surface area (Å²) in [5.74, 6) is 0.641. The minimum absolute atomic E-state index is 0.425. The van der Waals surface area contributed by atoms with Gasteiger partial charge in [-0.05, 0) is 17.9 Å². The van der Waals surface area contributed by atoms with Gasteiger partial charge in [0.1, 0.15) is 0 Å². The molecule has 1 nitrogen and oxygen atoms in total. The Kier molecular flexibility index (Phi) is 3.20. The standard InChI is InChI=1S/C8H19N/c1-5-8(3,4)7(2)6-9/h7H,5-6,9H2,1-4H3. The molecule has 0 aromatic rings. The van der Waals surface area contributed by atoms with Crippen LogP contribution in [0, 0.1) is 11.3 Å². The van der Waals surface area contributed by atoms with Gasteiger partial charge in [0.2, 0.25) is 0 Å². The minimum atomic E-state index is 0.425. The van der Waals surface area contributed by atoms with Crippen LogP contribution >= 0.6 is 0 Å². The lowest BCUT2D eigenvalue weighted by Gasteiger charge is -2.29. The van der Waals surface area contributed by atoms with E-state index < -0.39 is 0 Å². The molecule has 0 heterocycles. The Balaban J connectivity index is 3.80. The normalized spacial score (nSPS) is 15.7. The molecule has 0 aromatic carbocycles. The van der Waals surface area contributed by atoms with Crippen LogP contribution in [-0.4, -0.2) is 6.54 Å². The third-order valence-corrected chi connectivity index (χ3v) is 2.60. The van der Waals surface area contributed by atoms with Crippen LogP contribution in [0.5, 0.6) is 0 Å². The van der Waals surface area contributed by atoms with E-state index in [1.807, 2.05) is 0 Å². The maximum Gasteiger partial charge on any atom is -0.00464 e. The second kappa shape index (κ2) is 3.21. The zero-order chi connectivity index (χ0) is 7.49. The van der Waals surface area contributed by atoms with Crippen LogP contribution in [0.3, 0.4) is 0 Å². The van der Waals surface area contributed by atoms with Crippen molar-refractivity contribution < 1.29 is 0 Å². The van der Waals surface area contributed by atoms with Gasteiger partial charge in [0.25, 0.3) is 0 Å². The Labute approximate surface area is 58.6 Å². The van der Waals surface area contributed by atoms with E-state index in [1.165, 1.54) is 6.42 Å². The van der Waals surface area contributed by atoms with Crippen molar-refractivity contribution in [3.05, 3.63) is 0 Å². The Hall–Kier alpha value is -0.0400. The molecule has 0 spiro atoms. The van der Waals surface area contributed by atoms with E-state index in [9.17, 15) is 0 Å². The average molecular weight is 129 g/mol. The molecule has 0 aliphatic rings. The summed E-state index contributed by atoms with van der Waals surface area (Å²) in [5, 5.41) is 0. The Morgan fingerprint density at radius 2 is 1.89 bits per heavy atom. The summed E-state index contributed by atoms with van der Waals surface area (Å²) < 4.78 is 0. The van der Waals surface area contributed by atoms with Crippen LogP contribution in [0.4, 0.5) is 0 Å². The van der Waals surface area contributed by atoms with Crippen molar-refractivity contribution in [3.8, 4) is 0 Å². The maximum absolute atomic E-state index is 5.53. The Morgan fingerprint density at radius 3 is 2.00 bits per heavy atom. The largest absolute Gasteiger partial charge is 0.330 e. The second-order valence-electron chi connectivity index (χ2n) is 3.48. The van der Waals surface area contributed by atoms with Gasteiger partial charge in [-0.1, -0.05) is 34.1 Å². The monoisotopic (exact) mass is 129 g/mol. The van der Waals surface area contributed by atoms with Gasteiger partial charge >= 0.3 is 0 Å². The SMILES string of the molecule is CCC(C)(C)C(C)CN. The highest BCUT2D eigenvalue weighted by Crippen LogP contribution is 2.28. The highest BCUT2D eigenvalue weighted by molar-refractivity contribution is 4.73. The van der Waals surface area contributed by atoms with E-state index in [2.05, 4.69) is 27.7 Å². The number of hydrogen-bond acceptors (Lipinski definition) is 1. The third-order valence-electron chi connectivity index (χ3n) is 2.60. The van der Waals surface area contributed by atoms with Crippen LogP contribution in [0.25, 0.3) is 0 Å². The van der Waals surface area contributed by atoms with Crippen molar-refractivity contribution in [1.29, 1.82) is 0 Å². The molecule has 56 valence electrons. The predicted molar refractivity (Wildman–Crippen MR) is 42.3 cm³/mol. The van der Waals surface area contributed by atoms with Crippen molar-refractivity contribution in [2.24, 2.45) is 17.1 Å². The van der Waals surface area contributed by atoms with E-state index in [-0.39, 0.29) is 0 Å². The third kappa shape index (κ3) is 2.35. The van der Waals surface area contributed by atoms with Crippen molar-refractivity contribution >= 4 is 0 Å². The molecule has 1 unspecified atom stereocenters. The molecule has 0 aliphatic heterocycles. The highest BCUT2D eigenvalue weighted by atomic mass is 14.6. The Morgan fingerprint density at radius 1 is 1.44 bits per heavy atom. The smallest absolute Gasteiger partial charge is 0.00464 e. The first-order valence-corrected chi connectivity index (χ1v) is 3.74. The van der Waals surface area contributed by atoms with Crippen LogP contribution in [0.1, 0.15) is 34.1 Å². The summed E-state index contributed by atoms with van der Waals surface area (Å²) in [5.41, 5.74) is 5.96. The van der Waals surface area contributed by atoms with E-state index in [4.69, 9.17) is 5.73 Å². The molecule has 0 aliphatic carbocycles. The minimum Gasteiger partial charge on any atom is -0.330 e. The fourth-order valence-corrected chi connectivity index (χ4v) is 0.667. The quantitative estimate of drug-likeness (QED) is 0.620. The van der Waals surface area contributed by atoms with Gasteiger partial charge in [-0.15, -0.1) is 0 Å². The van der Waals surface area contributed by atoms with Crippen LogP contribution < -0.4 is 5.73 Å². The van der Waals surface area contributed by atoms with E-state index in [0.717, 1.165) is 6.54 Å². The number of nitrogens with two attached hydrogens (primary N) is 1. The van der Waals surface area contributed by atoms with Gasteiger partial charge in [-0.3, -0.25) is 0 Å². The van der Waals surface area contributed by atoms with E-state index >= 15 is 0 Å². The first-order valence-electron chi connectivity index (χ1n) is 3.74. The maximum atomic E-state index is 5.53. The van der Waals surface area contributed by atoms with Crippen LogP contribution in [0.2, 0.25) is 0 Å². The van der Waals surface area contributed by atoms with Gasteiger partial charge in [-0.2, -0.15) is 0 Å². The van der Waals surface area contributed by atoms with Gasteiger partial charge in [-0.25, -0.2) is 0 Å². The lowest BCUT2D eigenvalue weighted by molar-refractivity contribution is 0.228. The fourth-order valence-electron chi connectivity index (χ4n) is 0.667. The summed E-state index contributed by atoms with van der Waals surface area (Å²) in [7, 11) is 0. The van der Waals surface area contributed by atoms with Crippen LogP contribution in [0.15, 0.2) is 0 Å². The number of hydrogen-bond donors (Lipinski definition) is 1. The molecular formula is C8H19N. The molecule has 9 heavy (non-hydrogen) atoms. The topological polar surface area (TPSA) is 26.0 Å². The molecular weight excluding hydrogens is 110 g/mol. The number of rotatable bonds is 3. The lowest BCUT2D eigenvalue weighted by Crippen LogP contribution is -2.27. The van der Waals surface area contributed by atoms with Crippen molar-refractivity contribution in [2.45, 2.75) is 34.1 Å². The first kappa shape index (κ1) is 8.96. The molecule has 0 saturated heterocycles. The summed E-state index contributed by atoms with van der Waals surface area (Å²) in [6.45, 7) is 9.77. The molecule has 0 rings (SSSR count). The van der Waals surface area contributed by atoms with Gasteiger partial charge < -0.3 is 5.73 Å². The fraction of sp³-hybridized carbons (Fsp3) is 1.00. The zero-order valence-corrected chi connectivity index (χ0v) is 7.07. The zero-order valence-electron chi connectivity index (χ0n) is 7.07. The highest BCUT2D eigenvalue weighted by Gasteiger charge is 2.21. The van der Waals surface area contributed by atoms with Crippen molar-refractivity contribution in [2.75, 3.05) is 6.54 Å². The Bertz CT molecular complexity index is 76.6. The lowest BCUT2D eigenvalue weighted by atomic mass is 9.78. The molecule has 0 saturated carbocycles. The van der Waals surface area contributed by atoms with E-state index in [1.54, 1.807) is 0 Å². The molecule has 0 aromatic heterocycles. The van der Waals surface area contributed by atoms with E-state index in [0.29, 0.717) is 11.3 Å². The van der Waals surface area contributed by atoms with Crippen LogP contribution in [-0.2, 0) is 0 Å². The van der Waals surface area contributed by atoms with Gasteiger partial charge in [0.15, 0.2) is 0 Å². The van der Waals surface area contributed by atoms with Crippen molar-refractivity contribution in [1.82, 2.24) is 0 Å². The first-order chi connectivity index (χ1) is 4.04. The summed E-state index contributed by atoms with van der Waals surface area (Å²) in [6.07, 6.45) is 1.21. The van der Waals surface area contributed by atoms with Gasteiger partial charge in [0.05, 0.1) is 0 Å². The molecule has 1 heteroatoms. The molecule has 1 atom stereocenters. The molecule has 0 radical (unpaired) electrons. The molecule has 2 N–H and O–H groups in total. The van der Waals surface area contributed by atoms with Crippen molar-refractivity contribution in [3.63, 3.8) is 0 Å². The predicted octanol–water partition coefficient (Wildman–Crippen LogP) is 2.02. The molecule has 0 fully saturated rings.